The minimum absolute atomic E-state index is 0.00555. The fraction of sp³-hybridized carbons (Fsp3) is 0.222. The molecule has 0 fully saturated rings. The second-order valence-corrected chi connectivity index (χ2v) is 12.3. The number of anilines is 1. The first kappa shape index (κ1) is 31.7. The molecule has 3 heterocycles. The van der Waals surface area contributed by atoms with Crippen molar-refractivity contribution in [3.05, 3.63) is 127 Å². The Bertz CT molecular complexity index is 2190. The molecule has 47 heavy (non-hydrogen) atoms. The zero-order valence-corrected chi connectivity index (χ0v) is 27.1. The second-order valence-electron chi connectivity index (χ2n) is 11.3. The number of ether oxygens (including phenoxy) is 2. The number of thiazole rings is 1. The Morgan fingerprint density at radius 3 is 2.49 bits per heavy atom. The van der Waals surface area contributed by atoms with E-state index in [9.17, 15) is 18.8 Å². The van der Waals surface area contributed by atoms with Gasteiger partial charge in [-0.05, 0) is 81.8 Å². The first-order valence-electron chi connectivity index (χ1n) is 15.2. The molecule has 1 aliphatic rings. The van der Waals surface area contributed by atoms with Gasteiger partial charge in [-0.3, -0.25) is 14.2 Å². The predicted molar refractivity (Wildman–Crippen MR) is 180 cm³/mol. The Kier molecular flexibility index (Phi) is 8.91. The molecule has 0 spiro atoms. The lowest BCUT2D eigenvalue weighted by Crippen LogP contribution is -2.39. The van der Waals surface area contributed by atoms with Crippen LogP contribution in [0.3, 0.4) is 0 Å². The van der Waals surface area contributed by atoms with Crippen molar-refractivity contribution < 1.29 is 23.5 Å². The minimum Gasteiger partial charge on any atom is -0.491 e. The summed E-state index contributed by atoms with van der Waals surface area (Å²) in [6.07, 6.45) is 3.61. The van der Waals surface area contributed by atoms with Gasteiger partial charge in [0.05, 0.1) is 34.6 Å². The van der Waals surface area contributed by atoms with E-state index in [2.05, 4.69) is 10.3 Å². The Hall–Kier alpha value is -5.29. The largest absolute Gasteiger partial charge is 0.491 e. The van der Waals surface area contributed by atoms with E-state index in [4.69, 9.17) is 9.47 Å². The molecule has 11 heteroatoms. The van der Waals surface area contributed by atoms with Gasteiger partial charge in [-0.2, -0.15) is 0 Å². The number of nitrogens with zero attached hydrogens (tertiary/aromatic N) is 3. The van der Waals surface area contributed by atoms with Gasteiger partial charge in [0.15, 0.2) is 4.80 Å². The van der Waals surface area contributed by atoms with Crippen molar-refractivity contribution in [1.82, 2.24) is 9.13 Å². The van der Waals surface area contributed by atoms with Crippen molar-refractivity contribution in [1.29, 1.82) is 0 Å². The SMILES string of the molecule is CCOC(=O)C1=C(C)N=c2s/c(=C\c3cn(CC(=O)Nc4ccc(F)cc4)c4ccccc34)c(=O)n2[C@H]1c1ccc(OC(C)C)cc1. The monoisotopic (exact) mass is 652 g/mol. The summed E-state index contributed by atoms with van der Waals surface area (Å²) in [5.74, 6) is -0.521. The van der Waals surface area contributed by atoms with E-state index >= 15 is 0 Å². The van der Waals surface area contributed by atoms with Crippen LogP contribution in [0.4, 0.5) is 10.1 Å². The van der Waals surface area contributed by atoms with Crippen LogP contribution in [0.5, 0.6) is 5.75 Å². The second kappa shape index (κ2) is 13.2. The van der Waals surface area contributed by atoms with Gasteiger partial charge in [-0.15, -0.1) is 0 Å². The van der Waals surface area contributed by atoms with Gasteiger partial charge < -0.3 is 19.4 Å². The number of hydrogen-bond acceptors (Lipinski definition) is 7. The van der Waals surface area contributed by atoms with E-state index in [0.29, 0.717) is 32.0 Å². The highest BCUT2D eigenvalue weighted by molar-refractivity contribution is 7.07. The number of carbonyl (C=O) groups is 2. The lowest BCUT2D eigenvalue weighted by molar-refractivity contribution is -0.139. The van der Waals surface area contributed by atoms with E-state index in [1.54, 1.807) is 24.5 Å². The maximum absolute atomic E-state index is 14.2. The fourth-order valence-corrected chi connectivity index (χ4v) is 6.70. The van der Waals surface area contributed by atoms with Gasteiger partial charge in [0.25, 0.3) is 5.56 Å². The maximum atomic E-state index is 14.2. The predicted octanol–water partition coefficient (Wildman–Crippen LogP) is 5.32. The number of allylic oxidation sites excluding steroid dienone is 1. The third-order valence-corrected chi connectivity index (χ3v) is 8.62. The molecule has 1 amide bonds. The van der Waals surface area contributed by atoms with Crippen LogP contribution < -0.4 is 24.9 Å². The van der Waals surface area contributed by atoms with Crippen molar-refractivity contribution in [2.45, 2.75) is 46.4 Å². The number of halogens is 1. The number of benzene rings is 3. The number of esters is 1. The van der Waals surface area contributed by atoms with Crippen LogP contribution in [0.25, 0.3) is 17.0 Å². The van der Waals surface area contributed by atoms with E-state index < -0.39 is 12.0 Å². The Balaban J connectivity index is 1.42. The molecule has 1 N–H and O–H groups in total. The number of rotatable bonds is 9. The Labute approximate surface area is 273 Å². The quantitative estimate of drug-likeness (QED) is 0.217. The summed E-state index contributed by atoms with van der Waals surface area (Å²) in [7, 11) is 0. The van der Waals surface area contributed by atoms with Crippen molar-refractivity contribution in [2.24, 2.45) is 4.99 Å². The lowest BCUT2D eigenvalue weighted by Gasteiger charge is -2.25. The standard InChI is InChI=1S/C36H33FN4O5S/c1-5-45-35(44)32-22(4)38-36-41(33(32)23-10-16-27(17-11-23)46-21(2)3)34(43)30(47-36)18-24-19-40(29-9-7-6-8-28(24)29)20-31(42)39-26-14-12-25(37)13-15-26/h6-19,21,33H,5,20H2,1-4H3,(H,39,42)/b30-18-/t33-/m0/s1. The summed E-state index contributed by atoms with van der Waals surface area (Å²) in [6.45, 7) is 7.55. The number of para-hydroxylation sites is 1. The maximum Gasteiger partial charge on any atom is 0.338 e. The average molecular weight is 653 g/mol. The van der Waals surface area contributed by atoms with Crippen molar-refractivity contribution in [2.75, 3.05) is 11.9 Å². The molecule has 5 aromatic rings. The zero-order valence-electron chi connectivity index (χ0n) is 26.3. The first-order valence-corrected chi connectivity index (χ1v) is 16.0. The van der Waals surface area contributed by atoms with Gasteiger partial charge in [-0.25, -0.2) is 14.2 Å². The lowest BCUT2D eigenvalue weighted by atomic mass is 9.96. The molecular formula is C36H33FN4O5S. The molecule has 0 saturated heterocycles. The van der Waals surface area contributed by atoms with Crippen LogP contribution in [-0.2, 0) is 20.9 Å². The summed E-state index contributed by atoms with van der Waals surface area (Å²) in [5.41, 5.74) is 3.23. The Morgan fingerprint density at radius 1 is 1.06 bits per heavy atom. The van der Waals surface area contributed by atoms with E-state index in [-0.39, 0.29) is 36.5 Å². The van der Waals surface area contributed by atoms with Gasteiger partial charge in [0, 0.05) is 28.4 Å². The molecule has 6 rings (SSSR count). The number of hydrogen-bond donors (Lipinski definition) is 1. The number of nitrogens with one attached hydrogen (secondary N) is 1. The van der Waals surface area contributed by atoms with Gasteiger partial charge in [0.2, 0.25) is 5.91 Å². The highest BCUT2D eigenvalue weighted by Gasteiger charge is 2.33. The van der Waals surface area contributed by atoms with E-state index in [0.717, 1.165) is 22.0 Å². The first-order chi connectivity index (χ1) is 22.6. The average Bonchev–Trinajstić information content (AvgIpc) is 3.53. The van der Waals surface area contributed by atoms with Crippen molar-refractivity contribution in [3.63, 3.8) is 0 Å². The van der Waals surface area contributed by atoms with Gasteiger partial charge >= 0.3 is 5.97 Å². The molecule has 3 aromatic carbocycles. The van der Waals surface area contributed by atoms with E-state index in [1.165, 1.54) is 35.6 Å². The zero-order chi connectivity index (χ0) is 33.2. The number of carbonyl (C=O) groups excluding carboxylic acids is 2. The van der Waals surface area contributed by atoms with E-state index in [1.807, 2.05) is 73.1 Å². The third kappa shape index (κ3) is 6.52. The molecular weight excluding hydrogens is 619 g/mol. The normalized spacial score (nSPS) is 14.7. The highest BCUT2D eigenvalue weighted by atomic mass is 32.1. The molecule has 0 aliphatic carbocycles. The molecule has 0 unspecified atom stereocenters. The molecule has 0 saturated carbocycles. The van der Waals surface area contributed by atoms with Gasteiger partial charge in [-0.1, -0.05) is 41.7 Å². The van der Waals surface area contributed by atoms with Crippen LogP contribution >= 0.6 is 11.3 Å². The summed E-state index contributed by atoms with van der Waals surface area (Å²) < 4.78 is 28.3. The van der Waals surface area contributed by atoms with Crippen LogP contribution in [0.1, 0.15) is 44.9 Å². The molecule has 1 aliphatic heterocycles. The highest BCUT2D eigenvalue weighted by Crippen LogP contribution is 2.32. The molecule has 2 aromatic heterocycles. The van der Waals surface area contributed by atoms with Crippen LogP contribution in [0.2, 0.25) is 0 Å². The molecule has 240 valence electrons. The Morgan fingerprint density at radius 2 is 1.79 bits per heavy atom. The molecule has 0 radical (unpaired) electrons. The fourth-order valence-electron chi connectivity index (χ4n) is 5.66. The topological polar surface area (TPSA) is 104 Å². The van der Waals surface area contributed by atoms with Crippen LogP contribution in [0, 0.1) is 5.82 Å². The minimum atomic E-state index is -0.753. The summed E-state index contributed by atoms with van der Waals surface area (Å²) in [4.78, 5) is 45.5. The van der Waals surface area contributed by atoms with Crippen molar-refractivity contribution in [3.8, 4) is 5.75 Å². The summed E-state index contributed by atoms with van der Waals surface area (Å²) in [6, 6.07) is 19.8. The third-order valence-electron chi connectivity index (χ3n) is 7.63. The smallest absolute Gasteiger partial charge is 0.338 e. The summed E-state index contributed by atoms with van der Waals surface area (Å²) in [5, 5.41) is 3.65. The van der Waals surface area contributed by atoms with Crippen LogP contribution in [0.15, 0.2) is 100 Å². The van der Waals surface area contributed by atoms with Crippen LogP contribution in [-0.4, -0.2) is 33.7 Å². The van der Waals surface area contributed by atoms with Crippen molar-refractivity contribution >= 4 is 45.9 Å². The summed E-state index contributed by atoms with van der Waals surface area (Å²) >= 11 is 1.23. The number of fused-ring (bicyclic) bond motifs is 2. The molecule has 1 atom stereocenters. The van der Waals surface area contributed by atoms with Gasteiger partial charge in [0.1, 0.15) is 18.1 Å². The number of amides is 1. The number of aromatic nitrogens is 2. The molecule has 0 bridgehead atoms. The molecule has 9 nitrogen and oxygen atoms in total.